The van der Waals surface area contributed by atoms with Crippen LogP contribution in [0.1, 0.15) is 51.3 Å². The zero-order valence-corrected chi connectivity index (χ0v) is 19.0. The molecule has 1 aromatic heterocycles. The molecule has 3 atom stereocenters. The Morgan fingerprint density at radius 2 is 2.11 bits per heavy atom. The first kappa shape index (κ1) is 19.3. The van der Waals surface area contributed by atoms with Gasteiger partial charge in [0.25, 0.3) is 0 Å². The van der Waals surface area contributed by atoms with E-state index in [-0.39, 0.29) is 21.2 Å². The summed E-state index contributed by atoms with van der Waals surface area (Å²) in [4.78, 5) is 15.2. The summed E-state index contributed by atoms with van der Waals surface area (Å²) in [6.07, 6.45) is 3.56. The van der Waals surface area contributed by atoms with Crippen LogP contribution in [0.25, 0.3) is 0 Å². The number of rotatable bonds is 5. The first-order chi connectivity index (χ1) is 13.0. The number of carbonyl (C=O) groups is 1. The monoisotopic (exact) mass is 497 g/mol. The summed E-state index contributed by atoms with van der Waals surface area (Å²) in [5, 5.41) is 4.00. The molecule has 1 amide bonds. The average Bonchev–Trinajstić information content (AvgIpc) is 3.11. The van der Waals surface area contributed by atoms with Crippen LogP contribution in [0.4, 0.5) is 0 Å². The first-order valence-corrected chi connectivity index (χ1v) is 13.2. The van der Waals surface area contributed by atoms with Gasteiger partial charge in [-0.2, -0.15) is 0 Å². The van der Waals surface area contributed by atoms with Crippen molar-refractivity contribution in [2.75, 3.05) is 5.75 Å². The molecule has 3 heterocycles. The quantitative estimate of drug-likeness (QED) is 0.356. The van der Waals surface area contributed by atoms with Crippen molar-refractivity contribution in [2.45, 2.75) is 59.8 Å². The van der Waals surface area contributed by atoms with E-state index in [9.17, 15) is 4.79 Å². The molecule has 3 unspecified atom stereocenters. The van der Waals surface area contributed by atoms with Crippen LogP contribution in [0.3, 0.4) is 0 Å². The van der Waals surface area contributed by atoms with Crippen LogP contribution in [0, 0.1) is 20.8 Å². The van der Waals surface area contributed by atoms with Gasteiger partial charge >= 0.3 is 176 Å². The minimum atomic E-state index is -0.0371. The standard InChI is InChI=1S/C21H26IN2O2S/c1-13-6-4-5-7-17(13)19-10-16-8-9-20(22-19)24(16)21(25)12-27-11-18-14(2)23-26-15(18)3/h4-7,16,19-20H,8-12H2,1-3H3/q-1. The summed E-state index contributed by atoms with van der Waals surface area (Å²) in [7, 11) is 0. The van der Waals surface area contributed by atoms with Crippen molar-refractivity contribution in [3.8, 4) is 0 Å². The van der Waals surface area contributed by atoms with Gasteiger partial charge in [0.15, 0.2) is 0 Å². The van der Waals surface area contributed by atoms with Gasteiger partial charge < -0.3 is 0 Å². The molecule has 2 aliphatic rings. The summed E-state index contributed by atoms with van der Waals surface area (Å²) in [5.74, 6) is 2.58. The molecular formula is C21H26IN2O2S-. The number of aryl methyl sites for hydroxylation is 3. The summed E-state index contributed by atoms with van der Waals surface area (Å²) in [6, 6.07) is 9.26. The summed E-state index contributed by atoms with van der Waals surface area (Å²) in [6.45, 7) is 6.14. The van der Waals surface area contributed by atoms with E-state index in [1.807, 2.05) is 13.8 Å². The van der Waals surface area contributed by atoms with Crippen LogP contribution in [-0.4, -0.2) is 31.8 Å². The molecule has 146 valence electrons. The fourth-order valence-corrected chi connectivity index (χ4v) is 10.0. The van der Waals surface area contributed by atoms with E-state index in [2.05, 4.69) is 41.2 Å². The van der Waals surface area contributed by atoms with Crippen LogP contribution < -0.4 is 21.2 Å². The number of aromatic nitrogens is 1. The van der Waals surface area contributed by atoms with Gasteiger partial charge in [0.05, 0.1) is 0 Å². The fraction of sp³-hybridized carbons (Fsp3) is 0.524. The fourth-order valence-electron chi connectivity index (χ4n) is 4.17. The summed E-state index contributed by atoms with van der Waals surface area (Å²) >= 11 is 1.66. The number of carbonyl (C=O) groups excluding carboxylic acids is 1. The number of benzene rings is 1. The molecule has 2 aliphatic heterocycles. The number of hydrogen-bond acceptors (Lipinski definition) is 4. The third-order valence-corrected chi connectivity index (χ3v) is 10.7. The molecule has 2 saturated heterocycles. The molecule has 0 saturated carbocycles. The summed E-state index contributed by atoms with van der Waals surface area (Å²) in [5.41, 5.74) is 5.03. The normalized spacial score (nSPS) is 24.7. The Labute approximate surface area is 175 Å². The molecule has 1 aromatic carbocycles. The van der Waals surface area contributed by atoms with E-state index in [0.717, 1.165) is 29.2 Å². The predicted octanol–water partition coefficient (Wildman–Crippen LogP) is 1.38. The van der Waals surface area contributed by atoms with Gasteiger partial charge in [-0.3, -0.25) is 0 Å². The zero-order valence-electron chi connectivity index (χ0n) is 16.1. The van der Waals surface area contributed by atoms with Crippen LogP contribution >= 0.6 is 11.8 Å². The second-order valence-electron chi connectivity index (χ2n) is 7.45. The molecule has 4 rings (SSSR count). The predicted molar refractivity (Wildman–Crippen MR) is 104 cm³/mol. The van der Waals surface area contributed by atoms with Crippen molar-refractivity contribution in [2.24, 2.45) is 0 Å². The topological polar surface area (TPSA) is 46.3 Å². The zero-order chi connectivity index (χ0) is 19.0. The van der Waals surface area contributed by atoms with Crippen LogP contribution in [0.15, 0.2) is 28.8 Å². The van der Waals surface area contributed by atoms with Gasteiger partial charge in [0.2, 0.25) is 0 Å². The Bertz CT molecular complexity index is 804. The molecule has 4 nitrogen and oxygen atoms in total. The van der Waals surface area contributed by atoms with E-state index in [4.69, 9.17) is 4.52 Å². The first-order valence-electron chi connectivity index (χ1n) is 9.52. The molecule has 2 aromatic rings. The molecule has 0 aliphatic carbocycles. The number of hydrogen-bond donors (Lipinski definition) is 0. The SMILES string of the molecule is Cc1ccccc1C1CC2CCC([I-]1)N2C(=O)CSCc1c(C)noc1C. The van der Waals surface area contributed by atoms with Crippen molar-refractivity contribution in [3.05, 3.63) is 52.4 Å². The van der Waals surface area contributed by atoms with Crippen LogP contribution in [-0.2, 0) is 10.5 Å². The van der Waals surface area contributed by atoms with Gasteiger partial charge in [-0.15, -0.1) is 0 Å². The van der Waals surface area contributed by atoms with Gasteiger partial charge in [-0.25, -0.2) is 0 Å². The van der Waals surface area contributed by atoms with Crippen molar-refractivity contribution < 1.29 is 30.5 Å². The number of fused-ring (bicyclic) bond motifs is 2. The third kappa shape index (κ3) is 3.92. The Morgan fingerprint density at radius 1 is 1.30 bits per heavy atom. The number of nitrogens with zero attached hydrogens (tertiary/aromatic N) is 2. The average molecular weight is 497 g/mol. The van der Waals surface area contributed by atoms with E-state index in [0.29, 0.717) is 25.7 Å². The second kappa shape index (κ2) is 8.15. The second-order valence-corrected chi connectivity index (χ2v) is 12.1. The third-order valence-electron chi connectivity index (χ3n) is 5.68. The van der Waals surface area contributed by atoms with Gasteiger partial charge in [-0.05, 0) is 0 Å². The molecule has 27 heavy (non-hydrogen) atoms. The Morgan fingerprint density at radius 3 is 2.81 bits per heavy atom. The molecule has 2 bridgehead atoms. The van der Waals surface area contributed by atoms with Gasteiger partial charge in [0.1, 0.15) is 0 Å². The van der Waals surface area contributed by atoms with E-state index in [1.165, 1.54) is 24.0 Å². The van der Waals surface area contributed by atoms with Crippen LogP contribution in [0.5, 0.6) is 0 Å². The van der Waals surface area contributed by atoms with Crippen molar-refractivity contribution in [1.82, 2.24) is 10.1 Å². The van der Waals surface area contributed by atoms with Gasteiger partial charge in [-0.1, -0.05) is 0 Å². The number of amides is 1. The molecular weight excluding hydrogens is 471 g/mol. The number of alkyl halides is 2. The number of halogens is 1. The van der Waals surface area contributed by atoms with E-state index >= 15 is 0 Å². The van der Waals surface area contributed by atoms with E-state index in [1.54, 1.807) is 11.8 Å². The minimum absolute atomic E-state index is 0.0371. The molecule has 0 radical (unpaired) electrons. The molecule has 6 heteroatoms. The van der Waals surface area contributed by atoms with Gasteiger partial charge in [0, 0.05) is 0 Å². The Kier molecular flexibility index (Phi) is 5.83. The Hall–Kier alpha value is -1.02. The maximum atomic E-state index is 13.0. The molecule has 2 fully saturated rings. The van der Waals surface area contributed by atoms with Crippen LogP contribution in [0.2, 0.25) is 0 Å². The molecule has 0 spiro atoms. The maximum absolute atomic E-state index is 13.0. The van der Waals surface area contributed by atoms with Crippen molar-refractivity contribution >= 4 is 17.7 Å². The van der Waals surface area contributed by atoms with Crippen molar-refractivity contribution in [3.63, 3.8) is 0 Å². The van der Waals surface area contributed by atoms with Crippen molar-refractivity contribution in [1.29, 1.82) is 0 Å². The van der Waals surface area contributed by atoms with E-state index < -0.39 is 0 Å². The summed E-state index contributed by atoms with van der Waals surface area (Å²) < 4.78 is 6.46. The Balaban J connectivity index is 1.36. The number of thioether (sulfide) groups is 1. The molecule has 0 N–H and O–H groups in total.